The Kier molecular flexibility index (Phi) is 11.1. The van der Waals surface area contributed by atoms with Crippen LogP contribution >= 0.6 is 0 Å². The van der Waals surface area contributed by atoms with E-state index in [0.29, 0.717) is 22.5 Å². The zero-order chi connectivity index (χ0) is 34.2. The number of rotatable bonds is 15. The molecule has 2 heterocycles. The number of ketones is 3. The first-order chi connectivity index (χ1) is 22.2. The van der Waals surface area contributed by atoms with Gasteiger partial charge in [0.15, 0.2) is 17.3 Å². The zero-order valence-corrected chi connectivity index (χ0v) is 27.6. The monoisotopic (exact) mass is 643 g/mol. The van der Waals surface area contributed by atoms with E-state index in [1.165, 1.54) is 9.36 Å². The highest BCUT2D eigenvalue weighted by Gasteiger charge is 2.23. The summed E-state index contributed by atoms with van der Waals surface area (Å²) >= 11 is 0. The molecule has 0 unspecified atom stereocenters. The fraction of sp³-hybridized carbons (Fsp3) is 0.412. The summed E-state index contributed by atoms with van der Waals surface area (Å²) in [6.45, 7) is 11.8. The van der Waals surface area contributed by atoms with Gasteiger partial charge in [-0.25, -0.2) is 9.36 Å². The Morgan fingerprint density at radius 1 is 0.723 bits per heavy atom. The molecule has 47 heavy (non-hydrogen) atoms. The second-order valence-corrected chi connectivity index (χ2v) is 13.3. The van der Waals surface area contributed by atoms with E-state index in [1.54, 1.807) is 60.9 Å². The molecule has 4 rings (SSSR count). The van der Waals surface area contributed by atoms with Gasteiger partial charge in [-0.05, 0) is 29.8 Å². The Labute approximate surface area is 273 Å². The van der Waals surface area contributed by atoms with E-state index in [-0.39, 0.29) is 68.5 Å². The van der Waals surface area contributed by atoms with Crippen molar-refractivity contribution in [3.63, 3.8) is 0 Å². The molecule has 0 aliphatic carbocycles. The van der Waals surface area contributed by atoms with E-state index in [0.717, 1.165) is 5.56 Å². The number of hydrogen-bond acceptors (Lipinski definition) is 10. The molecule has 2 aromatic carbocycles. The van der Waals surface area contributed by atoms with Crippen molar-refractivity contribution in [3.8, 4) is 5.88 Å². The molecule has 2 aromatic heterocycles. The quantitative estimate of drug-likeness (QED) is 0.146. The van der Waals surface area contributed by atoms with Crippen molar-refractivity contribution in [3.05, 3.63) is 83.3 Å². The molecule has 248 valence electrons. The maximum Gasteiger partial charge on any atom is 0.253 e. The van der Waals surface area contributed by atoms with Gasteiger partial charge in [-0.2, -0.15) is 0 Å². The van der Waals surface area contributed by atoms with Gasteiger partial charge in [0.2, 0.25) is 5.91 Å². The second kappa shape index (κ2) is 15.0. The van der Waals surface area contributed by atoms with Crippen LogP contribution in [0.3, 0.4) is 0 Å². The van der Waals surface area contributed by atoms with Crippen LogP contribution in [0.5, 0.6) is 5.88 Å². The first-order valence-corrected chi connectivity index (χ1v) is 15.3. The smallest absolute Gasteiger partial charge is 0.253 e. The lowest BCUT2D eigenvalue weighted by atomic mass is 9.86. The van der Waals surface area contributed by atoms with Gasteiger partial charge in [-0.1, -0.05) is 81.3 Å². The van der Waals surface area contributed by atoms with Gasteiger partial charge in [-0.15, -0.1) is 5.10 Å². The van der Waals surface area contributed by atoms with Crippen LogP contribution in [0.2, 0.25) is 0 Å². The normalized spacial score (nSPS) is 11.7. The van der Waals surface area contributed by atoms with E-state index in [9.17, 15) is 19.2 Å². The Morgan fingerprint density at radius 2 is 1.30 bits per heavy atom. The summed E-state index contributed by atoms with van der Waals surface area (Å²) in [7, 11) is 0. The molecule has 0 aliphatic heterocycles. The number of anilines is 1. The Hall–Kier alpha value is -5.04. The highest BCUT2D eigenvalue weighted by molar-refractivity contribution is 6.01. The highest BCUT2D eigenvalue weighted by atomic mass is 16.5. The van der Waals surface area contributed by atoms with Crippen molar-refractivity contribution in [1.29, 1.82) is 0 Å². The van der Waals surface area contributed by atoms with E-state index in [2.05, 4.69) is 25.9 Å². The number of aromatic nitrogens is 6. The number of benzene rings is 2. The summed E-state index contributed by atoms with van der Waals surface area (Å²) in [5, 5.41) is 18.7. The van der Waals surface area contributed by atoms with Crippen LogP contribution in [0, 0.1) is 10.8 Å². The highest BCUT2D eigenvalue weighted by Crippen LogP contribution is 2.22. The largest absolute Gasteiger partial charge is 0.473 e. The second-order valence-electron chi connectivity index (χ2n) is 13.3. The van der Waals surface area contributed by atoms with Crippen molar-refractivity contribution >= 4 is 28.9 Å². The molecular weight excluding hydrogens is 602 g/mol. The molecule has 0 spiro atoms. The van der Waals surface area contributed by atoms with Crippen LogP contribution in [-0.2, 0) is 40.4 Å². The summed E-state index contributed by atoms with van der Waals surface area (Å²) in [5.41, 5.74) is 2.20. The van der Waals surface area contributed by atoms with Crippen LogP contribution in [0.25, 0.3) is 0 Å². The molecule has 13 heteroatoms. The van der Waals surface area contributed by atoms with Gasteiger partial charge in [0.25, 0.3) is 5.88 Å². The summed E-state index contributed by atoms with van der Waals surface area (Å²) in [6.07, 6.45) is 3.37. The Balaban J connectivity index is 1.12. The van der Waals surface area contributed by atoms with Crippen molar-refractivity contribution < 1.29 is 28.7 Å². The standard InChI is InChI=1S/C34H41N7O6/c1-33(2,3)31(44)24-9-7-23(8-10-24)17-28(42)19-41-21-30(37-39-41)47-16-15-46-22-27-18-40(38-36-27)20-29(43)35-26-13-11-25(12-14-26)32(45)34(4,5)6/h7-14,18,21H,15-17,19-20,22H2,1-6H3,(H,35,43). The number of hydrogen-bond donors (Lipinski definition) is 1. The Bertz CT molecular complexity index is 1570. The zero-order valence-electron chi connectivity index (χ0n) is 27.6. The topological polar surface area (TPSA) is 160 Å². The first-order valence-electron chi connectivity index (χ1n) is 15.3. The van der Waals surface area contributed by atoms with Crippen molar-refractivity contribution in [2.45, 2.75) is 67.7 Å². The lowest BCUT2D eigenvalue weighted by Gasteiger charge is -2.16. The van der Waals surface area contributed by atoms with E-state index >= 15 is 0 Å². The number of carbonyl (C=O) groups is 4. The fourth-order valence-electron chi connectivity index (χ4n) is 4.44. The number of nitrogens with zero attached hydrogens (tertiary/aromatic N) is 6. The number of carbonyl (C=O) groups excluding carboxylic acids is 4. The number of ether oxygens (including phenoxy) is 2. The maximum absolute atomic E-state index is 12.5. The lowest BCUT2D eigenvalue weighted by Crippen LogP contribution is -2.21. The summed E-state index contributed by atoms with van der Waals surface area (Å²) in [6, 6.07) is 13.9. The molecule has 0 saturated heterocycles. The minimum absolute atomic E-state index is 0.0300. The third-order valence-corrected chi connectivity index (χ3v) is 6.89. The van der Waals surface area contributed by atoms with Gasteiger partial charge in [0.05, 0.1) is 25.6 Å². The summed E-state index contributed by atoms with van der Waals surface area (Å²) in [5.74, 6) is -0.00503. The fourth-order valence-corrected chi connectivity index (χ4v) is 4.44. The van der Waals surface area contributed by atoms with E-state index < -0.39 is 10.8 Å². The van der Waals surface area contributed by atoms with Gasteiger partial charge < -0.3 is 14.8 Å². The average molecular weight is 644 g/mol. The van der Waals surface area contributed by atoms with Crippen molar-refractivity contribution in [1.82, 2.24) is 30.0 Å². The molecule has 1 amide bonds. The minimum atomic E-state index is -0.482. The summed E-state index contributed by atoms with van der Waals surface area (Å²) in [4.78, 5) is 49.8. The number of nitrogens with one attached hydrogen (secondary N) is 1. The lowest BCUT2D eigenvalue weighted by molar-refractivity contribution is -0.119. The third-order valence-electron chi connectivity index (χ3n) is 6.89. The van der Waals surface area contributed by atoms with Crippen LogP contribution in [0.15, 0.2) is 60.9 Å². The molecule has 0 bridgehead atoms. The molecule has 0 fully saturated rings. The molecule has 0 atom stereocenters. The first kappa shape index (κ1) is 34.8. The molecule has 0 radical (unpaired) electrons. The van der Waals surface area contributed by atoms with Gasteiger partial charge in [0.1, 0.15) is 25.4 Å². The minimum Gasteiger partial charge on any atom is -0.473 e. The number of Topliss-reactive ketones (excluding diaryl/α,β-unsaturated/α-hetero) is 3. The molecule has 0 saturated carbocycles. The van der Waals surface area contributed by atoms with Crippen LogP contribution in [0.4, 0.5) is 5.69 Å². The molecule has 13 nitrogen and oxygen atoms in total. The third kappa shape index (κ3) is 10.5. The van der Waals surface area contributed by atoms with Gasteiger partial charge >= 0.3 is 0 Å². The molecule has 4 aromatic rings. The average Bonchev–Trinajstić information content (AvgIpc) is 3.65. The molecule has 1 N–H and O–H groups in total. The maximum atomic E-state index is 12.5. The predicted molar refractivity (Wildman–Crippen MR) is 173 cm³/mol. The van der Waals surface area contributed by atoms with Crippen molar-refractivity contribution in [2.75, 3.05) is 18.5 Å². The van der Waals surface area contributed by atoms with Crippen LogP contribution in [0.1, 0.15) is 73.5 Å². The van der Waals surface area contributed by atoms with E-state index in [4.69, 9.17) is 9.47 Å². The van der Waals surface area contributed by atoms with Crippen LogP contribution in [-0.4, -0.2) is 66.5 Å². The number of amides is 1. The van der Waals surface area contributed by atoms with Crippen LogP contribution < -0.4 is 10.1 Å². The summed E-state index contributed by atoms with van der Waals surface area (Å²) < 4.78 is 14.0. The molecular formula is C34H41N7O6. The SMILES string of the molecule is CC(C)(C)C(=O)c1ccc(CC(=O)Cn2cc(OCCOCc3cn(CC(=O)Nc4ccc(C(=O)C(C)(C)C)cc4)nn3)nn2)cc1. The van der Waals surface area contributed by atoms with E-state index in [1.807, 2.05) is 41.5 Å². The molecule has 0 aliphatic rings. The van der Waals surface area contributed by atoms with Gasteiger partial charge in [-0.3, -0.25) is 19.2 Å². The Morgan fingerprint density at radius 3 is 1.91 bits per heavy atom. The van der Waals surface area contributed by atoms with Gasteiger partial charge in [0, 0.05) is 34.1 Å². The van der Waals surface area contributed by atoms with Crippen molar-refractivity contribution in [2.24, 2.45) is 10.8 Å². The predicted octanol–water partition coefficient (Wildman–Crippen LogP) is 4.37.